The lowest BCUT2D eigenvalue weighted by molar-refractivity contribution is 0.586. The van der Waals surface area contributed by atoms with Crippen LogP contribution in [0, 0.1) is 9.52 Å². The van der Waals surface area contributed by atoms with Crippen LogP contribution in [0.15, 0.2) is 17.2 Å². The molecule has 66 valence electrons. The molecule has 4 nitrogen and oxygen atoms in total. The Morgan fingerprint density at radius 1 is 1.58 bits per heavy atom. The lowest BCUT2D eigenvalue weighted by atomic mass is 10.5. The topological polar surface area (TPSA) is 73.1 Å². The number of nitrogens with two attached hydrogens (primary N) is 1. The minimum atomic E-state index is -3.85. The second kappa shape index (κ2) is 3.23. The molecule has 1 aromatic rings. The zero-order valence-corrected chi connectivity index (χ0v) is 8.63. The standard InChI is InChI=1S/C5H4FIN2O2S/c6-4-1-3(12(8,10)11)2-9-5(4)7/h1-2H,(H2,8,10,11). The van der Waals surface area contributed by atoms with Crippen LogP contribution in [-0.4, -0.2) is 13.4 Å². The molecule has 0 aliphatic rings. The number of aromatic nitrogens is 1. The van der Waals surface area contributed by atoms with Gasteiger partial charge < -0.3 is 0 Å². The van der Waals surface area contributed by atoms with Crippen molar-refractivity contribution in [1.29, 1.82) is 0 Å². The van der Waals surface area contributed by atoms with Crippen LogP contribution in [0.3, 0.4) is 0 Å². The predicted octanol–water partition coefficient (Wildman–Crippen LogP) is 0.473. The first-order valence-electron chi connectivity index (χ1n) is 2.75. The Bertz CT molecular complexity index is 406. The van der Waals surface area contributed by atoms with Gasteiger partial charge in [-0.25, -0.2) is 22.9 Å². The maximum Gasteiger partial charge on any atom is 0.239 e. The van der Waals surface area contributed by atoms with Crippen molar-refractivity contribution >= 4 is 32.6 Å². The zero-order chi connectivity index (χ0) is 9.35. The van der Waals surface area contributed by atoms with E-state index in [1.54, 1.807) is 22.6 Å². The Labute approximate surface area is 82.2 Å². The van der Waals surface area contributed by atoms with E-state index in [1.165, 1.54) is 0 Å². The molecular formula is C5H4FIN2O2S. The number of rotatable bonds is 1. The van der Waals surface area contributed by atoms with Gasteiger partial charge in [-0.05, 0) is 28.7 Å². The van der Waals surface area contributed by atoms with Gasteiger partial charge in [0.2, 0.25) is 10.0 Å². The van der Waals surface area contributed by atoms with E-state index in [-0.39, 0.29) is 8.60 Å². The summed E-state index contributed by atoms with van der Waals surface area (Å²) in [6.07, 6.45) is 1.01. The molecule has 0 aliphatic heterocycles. The van der Waals surface area contributed by atoms with Gasteiger partial charge in [0.1, 0.15) is 8.60 Å². The molecule has 0 amide bonds. The average Bonchev–Trinajstić information content (AvgIpc) is 1.92. The van der Waals surface area contributed by atoms with E-state index < -0.39 is 15.8 Å². The predicted molar refractivity (Wildman–Crippen MR) is 48.3 cm³/mol. The van der Waals surface area contributed by atoms with Crippen molar-refractivity contribution in [2.45, 2.75) is 4.90 Å². The van der Waals surface area contributed by atoms with Gasteiger partial charge in [0.15, 0.2) is 5.82 Å². The number of pyridine rings is 1. The molecule has 0 fully saturated rings. The largest absolute Gasteiger partial charge is 0.246 e. The highest BCUT2D eigenvalue weighted by Crippen LogP contribution is 2.11. The number of hydrogen-bond acceptors (Lipinski definition) is 3. The molecule has 1 aromatic heterocycles. The van der Waals surface area contributed by atoms with E-state index in [0.717, 1.165) is 12.3 Å². The van der Waals surface area contributed by atoms with Gasteiger partial charge in [-0.1, -0.05) is 0 Å². The van der Waals surface area contributed by atoms with Crippen molar-refractivity contribution in [2.75, 3.05) is 0 Å². The lowest BCUT2D eigenvalue weighted by Crippen LogP contribution is -2.13. The molecule has 7 heteroatoms. The minimum absolute atomic E-state index is 0.111. The molecule has 0 spiro atoms. The van der Waals surface area contributed by atoms with Crippen LogP contribution in [0.4, 0.5) is 4.39 Å². The van der Waals surface area contributed by atoms with E-state index in [4.69, 9.17) is 5.14 Å². The monoisotopic (exact) mass is 302 g/mol. The SMILES string of the molecule is NS(=O)(=O)c1cnc(I)c(F)c1. The fourth-order valence-corrected chi connectivity index (χ4v) is 1.32. The normalized spacial score (nSPS) is 11.6. The minimum Gasteiger partial charge on any atom is -0.246 e. The van der Waals surface area contributed by atoms with Gasteiger partial charge in [-0.3, -0.25) is 0 Å². The van der Waals surface area contributed by atoms with Crippen LogP contribution < -0.4 is 5.14 Å². The highest BCUT2D eigenvalue weighted by molar-refractivity contribution is 14.1. The summed E-state index contributed by atoms with van der Waals surface area (Å²) in [4.78, 5) is 3.18. The molecule has 0 saturated heterocycles. The van der Waals surface area contributed by atoms with Crippen LogP contribution in [0.2, 0.25) is 0 Å². The van der Waals surface area contributed by atoms with Crippen LogP contribution in [0.1, 0.15) is 0 Å². The number of primary sulfonamides is 1. The summed E-state index contributed by atoms with van der Waals surface area (Å²) in [6.45, 7) is 0. The van der Waals surface area contributed by atoms with E-state index in [2.05, 4.69) is 4.98 Å². The molecule has 0 aliphatic carbocycles. The maximum absolute atomic E-state index is 12.7. The number of sulfonamides is 1. The first kappa shape index (κ1) is 9.81. The summed E-state index contributed by atoms with van der Waals surface area (Å²) in [5.74, 6) is -0.692. The summed E-state index contributed by atoms with van der Waals surface area (Å²) in [6, 6.07) is 0.837. The molecule has 0 atom stereocenters. The molecule has 2 N–H and O–H groups in total. The quantitative estimate of drug-likeness (QED) is 0.605. The smallest absolute Gasteiger partial charge is 0.239 e. The molecule has 0 radical (unpaired) electrons. The van der Waals surface area contributed by atoms with Crippen molar-refractivity contribution in [3.63, 3.8) is 0 Å². The zero-order valence-electron chi connectivity index (χ0n) is 5.66. The molecule has 1 rings (SSSR count). The Balaban J connectivity index is 3.33. The van der Waals surface area contributed by atoms with E-state index in [1.807, 2.05) is 0 Å². The Hall–Kier alpha value is -0.280. The van der Waals surface area contributed by atoms with Crippen LogP contribution >= 0.6 is 22.6 Å². The van der Waals surface area contributed by atoms with Gasteiger partial charge in [0.25, 0.3) is 0 Å². The fourth-order valence-electron chi connectivity index (χ4n) is 0.559. The fraction of sp³-hybridized carbons (Fsp3) is 0. The maximum atomic E-state index is 12.7. The Morgan fingerprint density at radius 3 is 2.58 bits per heavy atom. The molecule has 0 saturated carbocycles. The molecule has 0 unspecified atom stereocenters. The van der Waals surface area contributed by atoms with Crippen molar-refractivity contribution in [1.82, 2.24) is 4.98 Å². The van der Waals surface area contributed by atoms with Gasteiger partial charge in [0, 0.05) is 6.20 Å². The molecule has 0 aromatic carbocycles. The number of halogens is 2. The highest BCUT2D eigenvalue weighted by atomic mass is 127. The third-order valence-corrected chi connectivity index (χ3v) is 2.77. The van der Waals surface area contributed by atoms with Crippen molar-refractivity contribution in [2.24, 2.45) is 5.14 Å². The Morgan fingerprint density at radius 2 is 2.17 bits per heavy atom. The van der Waals surface area contributed by atoms with Crippen molar-refractivity contribution in [3.05, 3.63) is 21.8 Å². The lowest BCUT2D eigenvalue weighted by Gasteiger charge is -1.97. The van der Waals surface area contributed by atoms with Crippen LogP contribution in [0.25, 0.3) is 0 Å². The van der Waals surface area contributed by atoms with E-state index in [0.29, 0.717) is 0 Å². The van der Waals surface area contributed by atoms with Crippen molar-refractivity contribution in [3.8, 4) is 0 Å². The summed E-state index contributed by atoms with van der Waals surface area (Å²) >= 11 is 1.65. The van der Waals surface area contributed by atoms with E-state index >= 15 is 0 Å². The highest BCUT2D eigenvalue weighted by Gasteiger charge is 2.10. The summed E-state index contributed by atoms with van der Waals surface area (Å²) in [5.41, 5.74) is 0. The first-order valence-corrected chi connectivity index (χ1v) is 5.37. The molecule has 12 heavy (non-hydrogen) atoms. The third kappa shape index (κ3) is 2.11. The number of hydrogen-bond donors (Lipinski definition) is 1. The second-order valence-electron chi connectivity index (χ2n) is 1.99. The first-order chi connectivity index (χ1) is 5.41. The van der Waals surface area contributed by atoms with Gasteiger partial charge in [-0.15, -0.1) is 0 Å². The van der Waals surface area contributed by atoms with Crippen molar-refractivity contribution < 1.29 is 12.8 Å². The molecule has 0 bridgehead atoms. The number of nitrogens with zero attached hydrogens (tertiary/aromatic N) is 1. The Kier molecular flexibility index (Phi) is 2.64. The van der Waals surface area contributed by atoms with E-state index in [9.17, 15) is 12.8 Å². The van der Waals surface area contributed by atoms with Gasteiger partial charge in [0.05, 0.1) is 0 Å². The summed E-state index contributed by atoms with van der Waals surface area (Å²) in [7, 11) is -3.85. The van der Waals surface area contributed by atoms with Crippen LogP contribution in [0.5, 0.6) is 0 Å². The van der Waals surface area contributed by atoms with Gasteiger partial charge in [-0.2, -0.15) is 0 Å². The summed E-state index contributed by atoms with van der Waals surface area (Å²) < 4.78 is 34.2. The van der Waals surface area contributed by atoms with Gasteiger partial charge >= 0.3 is 0 Å². The summed E-state index contributed by atoms with van der Waals surface area (Å²) in [5, 5.41) is 4.74. The molecule has 1 heterocycles. The third-order valence-electron chi connectivity index (χ3n) is 1.10. The van der Waals surface area contributed by atoms with Crippen LogP contribution in [-0.2, 0) is 10.0 Å². The molecular weight excluding hydrogens is 298 g/mol. The average molecular weight is 302 g/mol. The second-order valence-corrected chi connectivity index (χ2v) is 4.57.